The molecule has 0 saturated heterocycles. The molecule has 2 aliphatic rings. The average Bonchev–Trinajstić information content (AvgIpc) is 2.92. The topological polar surface area (TPSA) is 81.4 Å². The Bertz CT molecular complexity index is 632. The molecule has 3 rings (SSSR count). The van der Waals surface area contributed by atoms with Crippen LogP contribution in [0.4, 0.5) is 5.00 Å². The monoisotopic (exact) mass is 370 g/mol. The van der Waals surface area contributed by atoms with Crippen molar-refractivity contribution in [2.75, 3.05) is 11.9 Å². The molecule has 1 aromatic heterocycles. The molecule has 5 nitrogen and oxygen atoms in total. The zero-order valence-corrected chi connectivity index (χ0v) is 15.2. The fourth-order valence-corrected chi connectivity index (χ4v) is 5.16. The number of nitrogens with two attached hydrogens (primary N) is 1. The summed E-state index contributed by atoms with van der Waals surface area (Å²) in [7, 11) is 0. The van der Waals surface area contributed by atoms with E-state index in [1.165, 1.54) is 16.2 Å². The van der Waals surface area contributed by atoms with Crippen molar-refractivity contribution in [1.82, 2.24) is 0 Å². The molecule has 2 amide bonds. The third kappa shape index (κ3) is 3.92. The van der Waals surface area contributed by atoms with E-state index in [1.807, 2.05) is 0 Å². The third-order valence-electron chi connectivity index (χ3n) is 4.72. The van der Waals surface area contributed by atoms with Gasteiger partial charge in [0.25, 0.3) is 11.8 Å². The molecule has 7 heteroatoms. The van der Waals surface area contributed by atoms with Crippen LogP contribution in [0.15, 0.2) is 0 Å². The molecule has 0 aliphatic heterocycles. The van der Waals surface area contributed by atoms with E-state index in [1.54, 1.807) is 0 Å². The number of fused-ring (bicyclic) bond motifs is 1. The van der Waals surface area contributed by atoms with Gasteiger partial charge >= 0.3 is 0 Å². The van der Waals surface area contributed by atoms with Crippen molar-refractivity contribution < 1.29 is 14.3 Å². The van der Waals surface area contributed by atoms with Crippen molar-refractivity contribution in [2.45, 2.75) is 62.8 Å². The Morgan fingerprint density at radius 2 is 1.96 bits per heavy atom. The first-order valence-corrected chi connectivity index (χ1v) is 9.81. The second-order valence-corrected chi connectivity index (χ2v) is 8.14. The standard InChI is InChI=1S/C17H23ClN2O3S/c18-11-6-2-3-7-12(11)23-9-14(21)20-17-15(16(19)22)10-5-1-4-8-13(10)24-17/h11-12H,1-9H2,(H2,19,22)(H,20,21)/t11?,12-/m0/s1. The SMILES string of the molecule is NC(=O)c1c(NC(=O)CO[C@H]2CCCCC2Cl)sc2c1CCCC2. The maximum atomic E-state index is 12.2. The number of carbonyl (C=O) groups excluding carboxylic acids is 2. The number of aryl methyl sites for hydroxylation is 1. The number of ether oxygens (including phenoxy) is 1. The van der Waals surface area contributed by atoms with E-state index in [-0.39, 0.29) is 24.0 Å². The van der Waals surface area contributed by atoms with E-state index in [0.29, 0.717) is 10.6 Å². The summed E-state index contributed by atoms with van der Waals surface area (Å²) in [4.78, 5) is 25.2. The normalized spacial score (nSPS) is 23.5. The minimum Gasteiger partial charge on any atom is -0.367 e. The summed E-state index contributed by atoms with van der Waals surface area (Å²) < 4.78 is 5.68. The predicted octanol–water partition coefficient (Wildman–Crippen LogP) is 3.23. The van der Waals surface area contributed by atoms with Gasteiger partial charge in [-0.3, -0.25) is 9.59 Å². The van der Waals surface area contributed by atoms with E-state index in [4.69, 9.17) is 22.1 Å². The molecule has 0 radical (unpaired) electrons. The lowest BCUT2D eigenvalue weighted by molar-refractivity contribution is -0.123. The van der Waals surface area contributed by atoms with Crippen molar-refractivity contribution in [2.24, 2.45) is 5.73 Å². The maximum absolute atomic E-state index is 12.2. The molecule has 2 aliphatic carbocycles. The van der Waals surface area contributed by atoms with Gasteiger partial charge in [-0.25, -0.2) is 0 Å². The Morgan fingerprint density at radius 1 is 1.21 bits per heavy atom. The highest BCUT2D eigenvalue weighted by atomic mass is 35.5. The number of anilines is 1. The second kappa shape index (κ2) is 7.85. The Kier molecular flexibility index (Phi) is 5.79. The third-order valence-corrected chi connectivity index (χ3v) is 6.43. The number of thiophene rings is 1. The number of halogens is 1. The second-order valence-electron chi connectivity index (χ2n) is 6.48. The number of hydrogen-bond donors (Lipinski definition) is 2. The van der Waals surface area contributed by atoms with E-state index < -0.39 is 5.91 Å². The molecule has 2 atom stereocenters. The number of rotatable bonds is 5. The predicted molar refractivity (Wildman–Crippen MR) is 96.0 cm³/mol. The van der Waals surface area contributed by atoms with E-state index >= 15 is 0 Å². The minimum absolute atomic E-state index is 0.0261. The molecular formula is C17H23ClN2O3S. The zero-order valence-electron chi connectivity index (χ0n) is 13.6. The molecule has 1 fully saturated rings. The summed E-state index contributed by atoms with van der Waals surface area (Å²) in [6.45, 7) is -0.0470. The average molecular weight is 371 g/mol. The number of amides is 2. The molecule has 1 saturated carbocycles. The van der Waals surface area contributed by atoms with E-state index in [9.17, 15) is 9.59 Å². The molecule has 3 N–H and O–H groups in total. The molecule has 1 unspecified atom stereocenters. The fraction of sp³-hybridized carbons (Fsp3) is 0.647. The first-order valence-electron chi connectivity index (χ1n) is 8.56. The van der Waals surface area contributed by atoms with Crippen molar-refractivity contribution in [3.05, 3.63) is 16.0 Å². The van der Waals surface area contributed by atoms with Gasteiger partial charge in [0.15, 0.2) is 0 Å². The highest BCUT2D eigenvalue weighted by Gasteiger charge is 2.27. The highest BCUT2D eigenvalue weighted by Crippen LogP contribution is 2.37. The zero-order chi connectivity index (χ0) is 17.1. The number of alkyl halides is 1. The molecule has 132 valence electrons. The van der Waals surface area contributed by atoms with Gasteiger partial charge in [0.1, 0.15) is 11.6 Å². The van der Waals surface area contributed by atoms with Crippen LogP contribution in [0.2, 0.25) is 0 Å². The van der Waals surface area contributed by atoms with Crippen LogP contribution in [0, 0.1) is 0 Å². The lowest BCUT2D eigenvalue weighted by Crippen LogP contribution is -2.32. The van der Waals surface area contributed by atoms with Crippen LogP contribution in [0.25, 0.3) is 0 Å². The molecule has 1 aromatic rings. The Balaban J connectivity index is 1.64. The number of nitrogens with one attached hydrogen (secondary N) is 1. The van der Waals surface area contributed by atoms with Gasteiger partial charge in [0.2, 0.25) is 0 Å². The van der Waals surface area contributed by atoms with Gasteiger partial charge in [-0.05, 0) is 44.1 Å². The largest absolute Gasteiger partial charge is 0.367 e. The van der Waals surface area contributed by atoms with Gasteiger partial charge in [-0.2, -0.15) is 0 Å². The van der Waals surface area contributed by atoms with Crippen LogP contribution < -0.4 is 11.1 Å². The summed E-state index contributed by atoms with van der Waals surface area (Å²) >= 11 is 7.71. The summed E-state index contributed by atoms with van der Waals surface area (Å²) in [5.41, 5.74) is 7.03. The molecule has 0 aromatic carbocycles. The highest BCUT2D eigenvalue weighted by molar-refractivity contribution is 7.17. The molecule has 0 spiro atoms. The quantitative estimate of drug-likeness (QED) is 0.780. The molecule has 0 bridgehead atoms. The first-order chi connectivity index (χ1) is 11.6. The maximum Gasteiger partial charge on any atom is 0.251 e. The Morgan fingerprint density at radius 3 is 2.71 bits per heavy atom. The van der Waals surface area contributed by atoms with Gasteiger partial charge < -0.3 is 15.8 Å². The smallest absolute Gasteiger partial charge is 0.251 e. The lowest BCUT2D eigenvalue weighted by Gasteiger charge is -2.26. The van der Waals surface area contributed by atoms with Crippen molar-refractivity contribution in [1.29, 1.82) is 0 Å². The molecular weight excluding hydrogens is 348 g/mol. The number of carbonyl (C=O) groups is 2. The van der Waals surface area contributed by atoms with Crippen molar-refractivity contribution in [3.63, 3.8) is 0 Å². The van der Waals surface area contributed by atoms with Crippen LogP contribution in [0.3, 0.4) is 0 Å². The number of primary amides is 1. The van der Waals surface area contributed by atoms with Crippen LogP contribution in [0.1, 0.15) is 59.3 Å². The Labute approximate surface area is 150 Å². The van der Waals surface area contributed by atoms with Gasteiger partial charge in [-0.15, -0.1) is 22.9 Å². The first kappa shape index (κ1) is 17.7. The van der Waals surface area contributed by atoms with E-state index in [0.717, 1.165) is 56.9 Å². The van der Waals surface area contributed by atoms with Crippen molar-refractivity contribution >= 4 is 39.8 Å². The van der Waals surface area contributed by atoms with Crippen LogP contribution in [-0.2, 0) is 22.4 Å². The summed E-state index contributed by atoms with van der Waals surface area (Å²) in [5, 5.41) is 3.35. The van der Waals surface area contributed by atoms with Crippen LogP contribution in [-0.4, -0.2) is 29.9 Å². The lowest BCUT2D eigenvalue weighted by atomic mass is 9.95. The number of hydrogen-bond acceptors (Lipinski definition) is 4. The molecule has 24 heavy (non-hydrogen) atoms. The minimum atomic E-state index is -0.473. The summed E-state index contributed by atoms with van der Waals surface area (Å²) in [6.07, 6.45) is 7.91. The van der Waals surface area contributed by atoms with Gasteiger partial charge in [0.05, 0.1) is 17.0 Å². The van der Waals surface area contributed by atoms with Gasteiger partial charge in [-0.1, -0.05) is 12.8 Å². The summed E-state index contributed by atoms with van der Waals surface area (Å²) in [5.74, 6) is -0.732. The molecule has 1 heterocycles. The van der Waals surface area contributed by atoms with Crippen LogP contribution in [0.5, 0.6) is 0 Å². The van der Waals surface area contributed by atoms with Gasteiger partial charge in [0, 0.05) is 4.88 Å². The van der Waals surface area contributed by atoms with Crippen molar-refractivity contribution in [3.8, 4) is 0 Å². The van der Waals surface area contributed by atoms with E-state index in [2.05, 4.69) is 5.32 Å². The summed E-state index contributed by atoms with van der Waals surface area (Å²) in [6, 6.07) is 0. The Hall–Kier alpha value is -1.11. The van der Waals surface area contributed by atoms with Crippen LogP contribution >= 0.6 is 22.9 Å². The fourth-order valence-electron chi connectivity index (χ4n) is 3.50.